The van der Waals surface area contributed by atoms with Crippen molar-refractivity contribution < 1.29 is 27.5 Å². The minimum Gasteiger partial charge on any atom is -0.494 e. The van der Waals surface area contributed by atoms with Gasteiger partial charge in [0.1, 0.15) is 11.5 Å². The van der Waals surface area contributed by atoms with Crippen LogP contribution in [-0.2, 0) is 19.4 Å². The van der Waals surface area contributed by atoms with E-state index in [9.17, 15) is 18.0 Å². The van der Waals surface area contributed by atoms with E-state index in [0.717, 1.165) is 40.6 Å². The number of fused-ring (bicyclic) bond motifs is 2. The Hall–Kier alpha value is -4.15. The van der Waals surface area contributed by atoms with E-state index in [1.165, 1.54) is 70.5 Å². The summed E-state index contributed by atoms with van der Waals surface area (Å²) in [7, 11) is -3.83. The van der Waals surface area contributed by atoms with Gasteiger partial charge in [-0.25, -0.2) is 18.4 Å². The third-order valence-electron chi connectivity index (χ3n) is 6.85. The van der Waals surface area contributed by atoms with Gasteiger partial charge in [0, 0.05) is 11.4 Å². The molecule has 252 valence electrons. The van der Waals surface area contributed by atoms with Crippen molar-refractivity contribution >= 4 is 99.7 Å². The van der Waals surface area contributed by atoms with Crippen molar-refractivity contribution in [3.63, 3.8) is 0 Å². The number of anilines is 2. The number of sulfone groups is 1. The molecule has 15 heteroatoms. The van der Waals surface area contributed by atoms with Crippen molar-refractivity contribution in [3.8, 4) is 11.5 Å². The zero-order valence-corrected chi connectivity index (χ0v) is 30.4. The lowest BCUT2D eigenvalue weighted by atomic mass is 10.3. The molecule has 0 unspecified atom stereocenters. The van der Waals surface area contributed by atoms with Crippen LogP contribution in [0.5, 0.6) is 11.5 Å². The van der Waals surface area contributed by atoms with Crippen LogP contribution in [0.1, 0.15) is 13.8 Å². The molecule has 0 saturated carbocycles. The van der Waals surface area contributed by atoms with Crippen molar-refractivity contribution in [2.75, 3.05) is 35.4 Å². The van der Waals surface area contributed by atoms with Gasteiger partial charge in [0.05, 0.1) is 54.9 Å². The standard InChI is InChI=1S/C34H30N4O6S5/c1-3-43-23-9-15-27-29(17-23)47-33(37-27)45-19-31(39)35-21-5-11-25(12-6-21)49(41,42)26-13-7-22(8-14-26)36-32(40)20-46-34-38-28-16-10-24(44-4-2)18-30(28)48-34/h5-18H,3-4,19-20H2,1-2H3,(H,35,39)(H,36,40). The molecule has 0 bridgehead atoms. The van der Waals surface area contributed by atoms with E-state index in [2.05, 4.69) is 20.6 Å². The van der Waals surface area contributed by atoms with Gasteiger partial charge in [-0.15, -0.1) is 22.7 Å². The second-order valence-electron chi connectivity index (χ2n) is 10.3. The number of thioether (sulfide) groups is 2. The molecule has 49 heavy (non-hydrogen) atoms. The van der Waals surface area contributed by atoms with Gasteiger partial charge in [-0.1, -0.05) is 23.5 Å². The first-order valence-electron chi connectivity index (χ1n) is 15.1. The predicted octanol–water partition coefficient (Wildman–Crippen LogP) is 8.00. The number of ether oxygens (including phenoxy) is 2. The number of aromatic nitrogens is 2. The van der Waals surface area contributed by atoms with E-state index in [1.807, 2.05) is 50.2 Å². The molecule has 0 fully saturated rings. The van der Waals surface area contributed by atoms with E-state index in [-0.39, 0.29) is 33.1 Å². The maximum Gasteiger partial charge on any atom is 0.234 e. The number of carbonyl (C=O) groups excluding carboxylic acids is 2. The zero-order chi connectivity index (χ0) is 34.4. The number of carbonyl (C=O) groups is 2. The Balaban J connectivity index is 0.991. The minimum absolute atomic E-state index is 0.0816. The molecule has 2 aromatic heterocycles. The largest absolute Gasteiger partial charge is 0.494 e. The van der Waals surface area contributed by atoms with Gasteiger partial charge in [-0.3, -0.25) is 9.59 Å². The first kappa shape index (κ1) is 34.7. The van der Waals surface area contributed by atoms with Gasteiger partial charge in [0.15, 0.2) is 8.68 Å². The average Bonchev–Trinajstić information content (AvgIpc) is 3.70. The van der Waals surface area contributed by atoms with E-state index in [1.54, 1.807) is 24.3 Å². The van der Waals surface area contributed by atoms with E-state index >= 15 is 0 Å². The molecule has 4 aromatic carbocycles. The molecular weight excluding hydrogens is 721 g/mol. The number of benzene rings is 4. The molecule has 10 nitrogen and oxygen atoms in total. The highest BCUT2D eigenvalue weighted by molar-refractivity contribution is 8.02. The summed E-state index contributed by atoms with van der Waals surface area (Å²) in [6.45, 7) is 5.02. The Morgan fingerprint density at radius 1 is 0.653 bits per heavy atom. The van der Waals surface area contributed by atoms with Crippen LogP contribution in [0.15, 0.2) is 103 Å². The molecule has 0 aliphatic carbocycles. The van der Waals surface area contributed by atoms with Gasteiger partial charge in [0.25, 0.3) is 0 Å². The summed E-state index contributed by atoms with van der Waals surface area (Å²) in [5, 5.41) is 5.60. The summed E-state index contributed by atoms with van der Waals surface area (Å²) >= 11 is 5.65. The fourth-order valence-corrected chi connectivity index (χ4v) is 9.68. The molecule has 6 aromatic rings. The van der Waals surface area contributed by atoms with Crippen molar-refractivity contribution in [1.82, 2.24) is 9.97 Å². The number of thiazole rings is 2. The Morgan fingerprint density at radius 2 is 1.06 bits per heavy atom. The van der Waals surface area contributed by atoms with Crippen LogP contribution in [0.3, 0.4) is 0 Å². The number of nitrogens with zero attached hydrogens (tertiary/aromatic N) is 2. The van der Waals surface area contributed by atoms with Crippen molar-refractivity contribution in [3.05, 3.63) is 84.9 Å². The lowest BCUT2D eigenvalue weighted by molar-refractivity contribution is -0.114. The van der Waals surface area contributed by atoms with Crippen LogP contribution in [-0.4, -0.2) is 54.9 Å². The highest BCUT2D eigenvalue weighted by Gasteiger charge is 2.18. The van der Waals surface area contributed by atoms with Crippen LogP contribution >= 0.6 is 46.2 Å². The van der Waals surface area contributed by atoms with Crippen LogP contribution in [0.2, 0.25) is 0 Å². The second-order valence-corrected chi connectivity index (χ2v) is 16.8. The molecule has 2 amide bonds. The Morgan fingerprint density at radius 3 is 1.45 bits per heavy atom. The predicted molar refractivity (Wildman–Crippen MR) is 199 cm³/mol. The molecule has 2 N–H and O–H groups in total. The van der Waals surface area contributed by atoms with Crippen molar-refractivity contribution in [1.29, 1.82) is 0 Å². The van der Waals surface area contributed by atoms with E-state index in [4.69, 9.17) is 9.47 Å². The molecule has 0 aliphatic rings. The fourth-order valence-electron chi connectivity index (χ4n) is 4.62. The first-order valence-corrected chi connectivity index (χ1v) is 20.2. The van der Waals surface area contributed by atoms with Crippen LogP contribution in [0.4, 0.5) is 11.4 Å². The summed E-state index contributed by atoms with van der Waals surface area (Å²) in [5.74, 6) is 1.40. The quantitative estimate of drug-likeness (QED) is 0.105. The number of amides is 2. The maximum atomic E-state index is 13.3. The second kappa shape index (κ2) is 15.6. The van der Waals surface area contributed by atoms with E-state index in [0.29, 0.717) is 24.6 Å². The highest BCUT2D eigenvalue weighted by atomic mass is 32.2. The Labute approximate surface area is 299 Å². The topological polar surface area (TPSA) is 137 Å². The SMILES string of the molecule is CCOc1ccc2nc(SCC(=O)Nc3ccc(S(=O)(=O)c4ccc(NC(=O)CSc5nc6ccc(OCC)cc6s5)cc4)cc3)sc2c1. The molecule has 6 rings (SSSR count). The molecule has 0 aliphatic heterocycles. The Kier molecular flexibility index (Phi) is 11.0. The fraction of sp³-hybridized carbons (Fsp3) is 0.176. The summed E-state index contributed by atoms with van der Waals surface area (Å²) in [4.78, 5) is 34.5. The number of nitrogens with one attached hydrogen (secondary N) is 2. The van der Waals surface area contributed by atoms with Crippen LogP contribution in [0, 0.1) is 0 Å². The normalized spacial score (nSPS) is 11.5. The third-order valence-corrected chi connectivity index (χ3v) is 13.0. The molecule has 0 atom stereocenters. The minimum atomic E-state index is -3.83. The molecular formula is C34H30N4O6S5. The van der Waals surface area contributed by atoms with Crippen molar-refractivity contribution in [2.45, 2.75) is 32.3 Å². The monoisotopic (exact) mass is 750 g/mol. The van der Waals surface area contributed by atoms with Crippen LogP contribution < -0.4 is 20.1 Å². The zero-order valence-electron chi connectivity index (χ0n) is 26.3. The van der Waals surface area contributed by atoms with Crippen molar-refractivity contribution in [2.24, 2.45) is 0 Å². The van der Waals surface area contributed by atoms with Gasteiger partial charge >= 0.3 is 0 Å². The molecule has 0 radical (unpaired) electrons. The molecule has 0 spiro atoms. The Bertz CT molecular complexity index is 2070. The summed E-state index contributed by atoms with van der Waals surface area (Å²) in [6, 6.07) is 23.4. The maximum absolute atomic E-state index is 13.3. The van der Waals surface area contributed by atoms with Gasteiger partial charge < -0.3 is 20.1 Å². The lowest BCUT2D eigenvalue weighted by Crippen LogP contribution is -2.14. The van der Waals surface area contributed by atoms with E-state index < -0.39 is 9.84 Å². The molecule has 0 saturated heterocycles. The van der Waals surface area contributed by atoms with Crippen LogP contribution in [0.25, 0.3) is 20.4 Å². The third kappa shape index (κ3) is 8.72. The first-order chi connectivity index (χ1) is 23.7. The van der Waals surface area contributed by atoms with Gasteiger partial charge in [-0.05, 0) is 98.8 Å². The smallest absolute Gasteiger partial charge is 0.234 e. The highest BCUT2D eigenvalue weighted by Crippen LogP contribution is 2.33. The number of rotatable bonds is 14. The molecule has 2 heterocycles. The van der Waals surface area contributed by atoms with Gasteiger partial charge in [0.2, 0.25) is 21.7 Å². The number of hydrogen-bond acceptors (Lipinski definition) is 12. The average molecular weight is 751 g/mol. The summed E-state index contributed by atoms with van der Waals surface area (Å²) in [5.41, 5.74) is 2.65. The summed E-state index contributed by atoms with van der Waals surface area (Å²) in [6.07, 6.45) is 0. The summed E-state index contributed by atoms with van der Waals surface area (Å²) < 4.78 is 41.1. The lowest BCUT2D eigenvalue weighted by Gasteiger charge is -2.09. The number of hydrogen-bond donors (Lipinski definition) is 2. The van der Waals surface area contributed by atoms with Gasteiger partial charge in [-0.2, -0.15) is 0 Å².